The Balaban J connectivity index is 2.27. The molecule has 0 bridgehead atoms. The average Bonchev–Trinajstić information content (AvgIpc) is 3.07. The maximum atomic E-state index is 14.0. The summed E-state index contributed by atoms with van der Waals surface area (Å²) in [6, 6.07) is 0. The van der Waals surface area contributed by atoms with Gasteiger partial charge >= 0.3 is 12.1 Å². The van der Waals surface area contributed by atoms with Crippen molar-refractivity contribution in [3.8, 4) is 0 Å². The molecule has 0 saturated carbocycles. The number of hydrogen-bond acceptors (Lipinski definition) is 8. The molecule has 3 rings (SSSR count). The Hall–Kier alpha value is -2.16. The van der Waals surface area contributed by atoms with Gasteiger partial charge in [0.25, 0.3) is 0 Å². The van der Waals surface area contributed by atoms with Crippen molar-refractivity contribution in [1.29, 1.82) is 0 Å². The fourth-order valence-corrected chi connectivity index (χ4v) is 2.61. The summed E-state index contributed by atoms with van der Waals surface area (Å²) >= 11 is 0. The van der Waals surface area contributed by atoms with Gasteiger partial charge in [-0.1, -0.05) is 0 Å². The lowest BCUT2D eigenvalue weighted by Crippen LogP contribution is -2.39. The Morgan fingerprint density at radius 1 is 1.15 bits per heavy atom. The highest BCUT2D eigenvalue weighted by Crippen LogP contribution is 2.46. The van der Waals surface area contributed by atoms with Crippen LogP contribution in [0.3, 0.4) is 0 Å². The molecule has 26 heavy (non-hydrogen) atoms. The van der Waals surface area contributed by atoms with Crippen LogP contribution >= 0.6 is 0 Å². The van der Waals surface area contributed by atoms with Crippen LogP contribution in [0.15, 0.2) is 6.33 Å². The van der Waals surface area contributed by atoms with Gasteiger partial charge in [-0.15, -0.1) is 0 Å². The molecule has 2 aromatic heterocycles. The second-order valence-corrected chi connectivity index (χ2v) is 5.54. The standard InChI is InChI=1S/C12H12F5N5O4/c13-11(14,12(15,16)17)10-21-4-7(18)19-2-20-8(4)22(10)9-6(25)5(24)3(1-23)26-9/h2-3,5-6,9,23-25H,1H2,(H2,18,19,20)/t3-,5-,6-,9-/m1/s1. The molecule has 3 heterocycles. The zero-order chi connectivity index (χ0) is 19.4. The van der Waals surface area contributed by atoms with E-state index in [1.54, 1.807) is 0 Å². The zero-order valence-electron chi connectivity index (χ0n) is 12.6. The van der Waals surface area contributed by atoms with Crippen LogP contribution in [0.2, 0.25) is 0 Å². The molecule has 2 aromatic rings. The number of ether oxygens (including phenoxy) is 1. The monoisotopic (exact) mass is 385 g/mol. The average molecular weight is 385 g/mol. The maximum Gasteiger partial charge on any atom is 0.461 e. The molecule has 0 radical (unpaired) electrons. The number of anilines is 1. The fourth-order valence-electron chi connectivity index (χ4n) is 2.61. The van der Waals surface area contributed by atoms with Gasteiger partial charge in [0.05, 0.1) is 6.61 Å². The topological polar surface area (TPSA) is 140 Å². The number of rotatable bonds is 3. The number of alkyl halides is 5. The first-order valence-electron chi connectivity index (χ1n) is 7.06. The largest absolute Gasteiger partial charge is 0.461 e. The van der Waals surface area contributed by atoms with Gasteiger partial charge in [0, 0.05) is 0 Å². The van der Waals surface area contributed by atoms with Crippen molar-refractivity contribution in [2.75, 3.05) is 12.3 Å². The van der Waals surface area contributed by atoms with Gasteiger partial charge in [-0.25, -0.2) is 15.0 Å². The number of hydrogen-bond donors (Lipinski definition) is 4. The number of aliphatic hydroxyl groups excluding tert-OH is 3. The number of fused-ring (bicyclic) bond motifs is 1. The molecule has 0 unspecified atom stereocenters. The molecule has 0 spiro atoms. The number of aromatic nitrogens is 4. The number of aliphatic hydroxyl groups is 3. The SMILES string of the molecule is Nc1ncnc2c1nc(C(F)(F)C(F)(F)F)n2[C@@H]1O[C@H](CO)[C@@H](O)[C@H]1O. The highest BCUT2D eigenvalue weighted by Gasteiger charge is 2.63. The summed E-state index contributed by atoms with van der Waals surface area (Å²) < 4.78 is 71.9. The Labute approximate surface area is 140 Å². The summed E-state index contributed by atoms with van der Waals surface area (Å²) in [4.78, 5) is 10.3. The summed E-state index contributed by atoms with van der Waals surface area (Å²) in [6.45, 7) is -0.816. The van der Waals surface area contributed by atoms with Gasteiger partial charge in [-0.05, 0) is 0 Å². The molecule has 1 fully saturated rings. The van der Waals surface area contributed by atoms with Crippen molar-refractivity contribution in [2.24, 2.45) is 0 Å². The van der Waals surface area contributed by atoms with Gasteiger partial charge in [-0.2, -0.15) is 22.0 Å². The molecule has 4 atom stereocenters. The molecule has 14 heteroatoms. The predicted molar refractivity (Wildman–Crippen MR) is 72.7 cm³/mol. The predicted octanol–water partition coefficient (Wildman–Crippen LogP) is -0.326. The Morgan fingerprint density at radius 3 is 2.35 bits per heavy atom. The van der Waals surface area contributed by atoms with Crippen LogP contribution in [0, 0.1) is 0 Å². The van der Waals surface area contributed by atoms with E-state index < -0.39 is 66.1 Å². The molecule has 9 nitrogen and oxygen atoms in total. The van der Waals surface area contributed by atoms with Crippen LogP contribution in [0.1, 0.15) is 12.1 Å². The highest BCUT2D eigenvalue weighted by molar-refractivity contribution is 5.82. The van der Waals surface area contributed by atoms with E-state index in [-0.39, 0.29) is 4.57 Å². The van der Waals surface area contributed by atoms with E-state index in [9.17, 15) is 32.2 Å². The normalized spacial score (nSPS) is 27.4. The van der Waals surface area contributed by atoms with Crippen LogP contribution < -0.4 is 5.73 Å². The Morgan fingerprint density at radius 2 is 1.81 bits per heavy atom. The van der Waals surface area contributed by atoms with Crippen molar-refractivity contribution in [1.82, 2.24) is 19.5 Å². The van der Waals surface area contributed by atoms with Crippen LogP contribution in [-0.4, -0.2) is 65.9 Å². The summed E-state index contributed by atoms with van der Waals surface area (Å²) in [5, 5.41) is 28.9. The molecular weight excluding hydrogens is 373 g/mol. The second kappa shape index (κ2) is 5.94. The minimum absolute atomic E-state index is 0.199. The van der Waals surface area contributed by atoms with Gasteiger partial charge in [0.2, 0.25) is 0 Å². The molecule has 1 saturated heterocycles. The van der Waals surface area contributed by atoms with Gasteiger partial charge in [-0.3, -0.25) is 4.57 Å². The van der Waals surface area contributed by atoms with Crippen molar-refractivity contribution < 1.29 is 42.0 Å². The quantitative estimate of drug-likeness (QED) is 0.527. The molecule has 5 N–H and O–H groups in total. The summed E-state index contributed by atoms with van der Waals surface area (Å²) in [7, 11) is 0. The van der Waals surface area contributed by atoms with Crippen LogP contribution in [0.25, 0.3) is 11.2 Å². The van der Waals surface area contributed by atoms with Crippen LogP contribution in [0.5, 0.6) is 0 Å². The van der Waals surface area contributed by atoms with E-state index >= 15 is 0 Å². The molecule has 1 aliphatic heterocycles. The minimum Gasteiger partial charge on any atom is -0.394 e. The lowest BCUT2D eigenvalue weighted by Gasteiger charge is -2.24. The first-order chi connectivity index (χ1) is 12.0. The lowest BCUT2D eigenvalue weighted by atomic mass is 10.1. The summed E-state index contributed by atoms with van der Waals surface area (Å²) in [5.41, 5.74) is 4.33. The minimum atomic E-state index is -6.02. The van der Waals surface area contributed by atoms with E-state index in [0.29, 0.717) is 0 Å². The highest BCUT2D eigenvalue weighted by atomic mass is 19.4. The molecule has 0 aliphatic carbocycles. The number of imidazole rings is 1. The van der Waals surface area contributed by atoms with Crippen molar-refractivity contribution >= 4 is 17.0 Å². The third kappa shape index (κ3) is 2.56. The third-order valence-corrected chi connectivity index (χ3v) is 3.91. The number of halogens is 5. The molecule has 1 aliphatic rings. The number of nitrogen functional groups attached to an aromatic ring is 1. The summed E-state index contributed by atoms with van der Waals surface area (Å²) in [6.07, 6.45) is -12.2. The first-order valence-corrected chi connectivity index (χ1v) is 7.06. The van der Waals surface area contributed by atoms with Gasteiger partial charge < -0.3 is 25.8 Å². The van der Waals surface area contributed by atoms with Crippen LogP contribution in [-0.2, 0) is 10.7 Å². The Bertz CT molecular complexity index is 828. The molecule has 144 valence electrons. The fraction of sp³-hybridized carbons (Fsp3) is 0.583. The van der Waals surface area contributed by atoms with Crippen molar-refractivity contribution in [2.45, 2.75) is 36.6 Å². The first kappa shape index (κ1) is 18.6. The van der Waals surface area contributed by atoms with E-state index in [0.717, 1.165) is 6.33 Å². The van der Waals surface area contributed by atoms with Crippen molar-refractivity contribution in [3.63, 3.8) is 0 Å². The van der Waals surface area contributed by atoms with E-state index in [1.807, 2.05) is 0 Å². The van der Waals surface area contributed by atoms with E-state index in [4.69, 9.17) is 15.6 Å². The van der Waals surface area contributed by atoms with Crippen LogP contribution in [0.4, 0.5) is 27.8 Å². The zero-order valence-corrected chi connectivity index (χ0v) is 12.6. The van der Waals surface area contributed by atoms with E-state index in [1.165, 1.54) is 0 Å². The molecular formula is C12H12F5N5O4. The number of nitrogens with zero attached hydrogens (tertiary/aromatic N) is 4. The van der Waals surface area contributed by atoms with Gasteiger partial charge in [0.1, 0.15) is 24.6 Å². The van der Waals surface area contributed by atoms with Gasteiger partial charge in [0.15, 0.2) is 29.0 Å². The smallest absolute Gasteiger partial charge is 0.394 e. The third-order valence-electron chi connectivity index (χ3n) is 3.91. The van der Waals surface area contributed by atoms with Crippen molar-refractivity contribution in [3.05, 3.63) is 12.2 Å². The maximum absolute atomic E-state index is 14.0. The lowest BCUT2D eigenvalue weighted by molar-refractivity contribution is -0.294. The Kier molecular flexibility index (Phi) is 4.25. The summed E-state index contributed by atoms with van der Waals surface area (Å²) in [5.74, 6) is -7.77. The number of nitrogens with two attached hydrogens (primary N) is 1. The second-order valence-electron chi connectivity index (χ2n) is 5.54. The molecule has 0 aromatic carbocycles. The van der Waals surface area contributed by atoms with E-state index in [2.05, 4.69) is 15.0 Å². The molecule has 0 amide bonds.